The lowest BCUT2D eigenvalue weighted by Gasteiger charge is -2.22. The van der Waals surface area contributed by atoms with Gasteiger partial charge in [0, 0.05) is 5.38 Å². The van der Waals surface area contributed by atoms with Crippen molar-refractivity contribution >= 4 is 34.6 Å². The van der Waals surface area contributed by atoms with E-state index in [4.69, 9.17) is 0 Å². The number of aromatic nitrogens is 1. The summed E-state index contributed by atoms with van der Waals surface area (Å²) in [4.78, 5) is 32.7. The molecule has 1 unspecified atom stereocenters. The molecule has 5 nitrogen and oxygen atoms in total. The molecule has 0 bridgehead atoms. The van der Waals surface area contributed by atoms with E-state index >= 15 is 0 Å². The zero-order valence-corrected chi connectivity index (χ0v) is 15.4. The monoisotopic (exact) mass is 381 g/mol. The number of urea groups is 1. The number of fused-ring (bicyclic) bond motifs is 2. The molecule has 3 heterocycles. The molecule has 1 spiro atoms. The molecule has 3 aromatic rings. The van der Waals surface area contributed by atoms with E-state index in [2.05, 4.69) is 10.3 Å². The molecule has 1 aliphatic heterocycles. The lowest BCUT2D eigenvalue weighted by Crippen LogP contribution is -2.41. The highest BCUT2D eigenvalue weighted by atomic mass is 32.1. The number of hydrogen-bond donors (Lipinski definition) is 1. The number of aryl methyl sites for hydroxylation is 1. The van der Waals surface area contributed by atoms with Gasteiger partial charge in [-0.3, -0.25) is 9.69 Å². The van der Waals surface area contributed by atoms with Crippen molar-refractivity contribution in [1.29, 1.82) is 0 Å². The fourth-order valence-corrected chi connectivity index (χ4v) is 5.41. The summed E-state index contributed by atoms with van der Waals surface area (Å²) in [5.74, 6) is -0.168. The van der Waals surface area contributed by atoms with Crippen molar-refractivity contribution in [2.24, 2.45) is 0 Å². The number of amides is 3. The van der Waals surface area contributed by atoms with Gasteiger partial charge < -0.3 is 5.32 Å². The summed E-state index contributed by atoms with van der Waals surface area (Å²) in [5, 5.41) is 7.80. The Morgan fingerprint density at radius 1 is 1.15 bits per heavy atom. The second kappa shape index (κ2) is 5.75. The zero-order chi connectivity index (χ0) is 17.7. The van der Waals surface area contributed by atoms with Crippen LogP contribution in [0.4, 0.5) is 4.79 Å². The molecule has 2 aliphatic rings. The van der Waals surface area contributed by atoms with Crippen LogP contribution in [-0.2, 0) is 23.3 Å². The second-order valence-corrected chi connectivity index (χ2v) is 8.31. The van der Waals surface area contributed by atoms with Gasteiger partial charge in [-0.2, -0.15) is 0 Å². The van der Waals surface area contributed by atoms with Crippen LogP contribution >= 0.6 is 22.7 Å². The molecule has 1 saturated heterocycles. The molecular formula is C19H15N3O2S2. The average molecular weight is 381 g/mol. The van der Waals surface area contributed by atoms with E-state index in [0.29, 0.717) is 6.42 Å². The molecule has 1 N–H and O–H groups in total. The molecule has 2 aromatic heterocycles. The van der Waals surface area contributed by atoms with E-state index < -0.39 is 5.54 Å². The van der Waals surface area contributed by atoms with Crippen LogP contribution < -0.4 is 5.32 Å². The standard InChI is InChI=1S/C19H15N3O2S2/c23-17-19(8-7-12-4-1-2-5-14(12)19)21-18(24)22(17)10-13-11-26-16(20-13)15-6-3-9-25-15/h1-6,9,11H,7-8,10H2,(H,21,24). The minimum absolute atomic E-state index is 0.168. The third kappa shape index (κ3) is 2.24. The highest BCUT2D eigenvalue weighted by Crippen LogP contribution is 2.41. The number of nitrogens with one attached hydrogen (secondary N) is 1. The van der Waals surface area contributed by atoms with Crippen LogP contribution in [0.5, 0.6) is 0 Å². The Labute approximate surface area is 158 Å². The molecule has 0 saturated carbocycles. The summed E-state index contributed by atoms with van der Waals surface area (Å²) in [5.41, 5.74) is 1.90. The molecule has 1 aromatic carbocycles. The molecule has 7 heteroatoms. The maximum absolute atomic E-state index is 13.2. The van der Waals surface area contributed by atoms with Gasteiger partial charge in [-0.05, 0) is 35.4 Å². The van der Waals surface area contributed by atoms with Gasteiger partial charge in [0.1, 0.15) is 10.5 Å². The molecular weight excluding hydrogens is 366 g/mol. The van der Waals surface area contributed by atoms with E-state index in [-0.39, 0.29) is 18.5 Å². The summed E-state index contributed by atoms with van der Waals surface area (Å²) in [6, 6.07) is 11.5. The number of imide groups is 1. The van der Waals surface area contributed by atoms with Gasteiger partial charge in [0.25, 0.3) is 5.91 Å². The predicted octanol–water partition coefficient (Wildman–Crippen LogP) is 3.77. The summed E-state index contributed by atoms with van der Waals surface area (Å²) < 4.78 is 0. The van der Waals surface area contributed by atoms with E-state index in [0.717, 1.165) is 33.1 Å². The summed E-state index contributed by atoms with van der Waals surface area (Å²) >= 11 is 3.16. The maximum atomic E-state index is 13.2. The fraction of sp³-hybridized carbons (Fsp3) is 0.211. The Morgan fingerprint density at radius 2 is 2.04 bits per heavy atom. The van der Waals surface area contributed by atoms with Gasteiger partial charge in [-0.25, -0.2) is 9.78 Å². The van der Waals surface area contributed by atoms with Crippen molar-refractivity contribution in [3.05, 3.63) is 64.0 Å². The first-order chi connectivity index (χ1) is 12.7. The van der Waals surface area contributed by atoms with Crippen LogP contribution in [0, 0.1) is 0 Å². The Hall–Kier alpha value is -2.51. The molecule has 0 radical (unpaired) electrons. The van der Waals surface area contributed by atoms with Crippen molar-refractivity contribution in [2.45, 2.75) is 24.9 Å². The van der Waals surface area contributed by atoms with Crippen molar-refractivity contribution < 1.29 is 9.59 Å². The van der Waals surface area contributed by atoms with E-state index in [1.807, 2.05) is 47.2 Å². The highest BCUT2D eigenvalue weighted by Gasteiger charge is 2.55. The van der Waals surface area contributed by atoms with E-state index in [1.54, 1.807) is 11.3 Å². The van der Waals surface area contributed by atoms with Crippen LogP contribution in [-0.4, -0.2) is 21.8 Å². The van der Waals surface area contributed by atoms with E-state index in [9.17, 15) is 9.59 Å². The van der Waals surface area contributed by atoms with Gasteiger partial charge in [0.15, 0.2) is 0 Å². The Balaban J connectivity index is 1.43. The highest BCUT2D eigenvalue weighted by molar-refractivity contribution is 7.20. The van der Waals surface area contributed by atoms with Crippen molar-refractivity contribution in [3.63, 3.8) is 0 Å². The van der Waals surface area contributed by atoms with Gasteiger partial charge in [0.05, 0.1) is 17.1 Å². The number of hydrogen-bond acceptors (Lipinski definition) is 5. The van der Waals surface area contributed by atoms with Crippen LogP contribution in [0.2, 0.25) is 0 Å². The number of nitrogens with zero attached hydrogens (tertiary/aromatic N) is 2. The first-order valence-corrected chi connectivity index (χ1v) is 10.1. The fourth-order valence-electron chi connectivity index (χ4n) is 3.79. The van der Waals surface area contributed by atoms with Crippen molar-refractivity contribution in [3.8, 4) is 9.88 Å². The summed E-state index contributed by atoms with van der Waals surface area (Å²) in [6.45, 7) is 0.205. The molecule has 5 rings (SSSR count). The average Bonchev–Trinajstić information content (AvgIpc) is 3.41. The second-order valence-electron chi connectivity index (χ2n) is 6.51. The van der Waals surface area contributed by atoms with Crippen LogP contribution in [0.25, 0.3) is 9.88 Å². The zero-order valence-electron chi connectivity index (χ0n) is 13.8. The summed E-state index contributed by atoms with van der Waals surface area (Å²) in [7, 11) is 0. The van der Waals surface area contributed by atoms with Gasteiger partial charge >= 0.3 is 6.03 Å². The van der Waals surface area contributed by atoms with Gasteiger partial charge in [-0.1, -0.05) is 30.3 Å². The number of carbonyl (C=O) groups excluding carboxylic acids is 2. The number of benzene rings is 1. The van der Waals surface area contributed by atoms with Crippen LogP contribution in [0.1, 0.15) is 23.2 Å². The van der Waals surface area contributed by atoms with Gasteiger partial charge in [-0.15, -0.1) is 22.7 Å². The first kappa shape index (κ1) is 15.7. The third-order valence-corrected chi connectivity index (χ3v) is 6.96. The van der Waals surface area contributed by atoms with Crippen LogP contribution in [0.15, 0.2) is 47.2 Å². The molecule has 1 aliphatic carbocycles. The molecule has 3 amide bonds. The Kier molecular flexibility index (Phi) is 3.48. The van der Waals surface area contributed by atoms with Crippen molar-refractivity contribution in [1.82, 2.24) is 15.2 Å². The Morgan fingerprint density at radius 3 is 2.88 bits per heavy atom. The predicted molar refractivity (Wildman–Crippen MR) is 101 cm³/mol. The lowest BCUT2D eigenvalue weighted by molar-refractivity contribution is -0.132. The van der Waals surface area contributed by atoms with Crippen LogP contribution in [0.3, 0.4) is 0 Å². The molecule has 130 valence electrons. The molecule has 1 atom stereocenters. The van der Waals surface area contributed by atoms with Crippen molar-refractivity contribution in [2.75, 3.05) is 0 Å². The quantitative estimate of drug-likeness (QED) is 0.703. The Bertz CT molecular complexity index is 1010. The topological polar surface area (TPSA) is 62.3 Å². The minimum atomic E-state index is -0.902. The first-order valence-electron chi connectivity index (χ1n) is 8.38. The maximum Gasteiger partial charge on any atom is 0.325 e. The number of thiazole rings is 1. The summed E-state index contributed by atoms with van der Waals surface area (Å²) in [6.07, 6.45) is 1.42. The SMILES string of the molecule is O=C1NC2(CCc3ccccc32)C(=O)N1Cc1csc(-c2cccs2)n1. The lowest BCUT2D eigenvalue weighted by atomic mass is 9.92. The smallest absolute Gasteiger partial charge is 0.319 e. The molecule has 1 fully saturated rings. The molecule has 26 heavy (non-hydrogen) atoms. The minimum Gasteiger partial charge on any atom is -0.319 e. The van der Waals surface area contributed by atoms with Gasteiger partial charge in [0.2, 0.25) is 0 Å². The normalized spacial score (nSPS) is 21.5. The largest absolute Gasteiger partial charge is 0.325 e. The third-order valence-electron chi connectivity index (χ3n) is 5.03. The number of carbonyl (C=O) groups is 2. The number of rotatable bonds is 3. The number of thiophene rings is 1. The van der Waals surface area contributed by atoms with E-state index in [1.165, 1.54) is 16.2 Å².